The Labute approximate surface area is 78.6 Å². The fourth-order valence-electron chi connectivity index (χ4n) is 0. The fraction of sp³-hybridized carbons (Fsp3) is 0.667. The maximum atomic E-state index is 9.59. The van der Waals surface area contributed by atoms with Crippen molar-refractivity contribution < 1.29 is 21.9 Å². The maximum absolute atomic E-state index is 9.59. The normalized spacial score (nSPS) is 9.40. The Morgan fingerprint density at radius 2 is 1.40 bits per heavy atom. The quantitative estimate of drug-likeness (QED) is 0.496. The zero-order valence-electron chi connectivity index (χ0n) is 5.33. The molecule has 7 heteroatoms. The van der Waals surface area contributed by atoms with Crippen LogP contribution in [0.3, 0.4) is 0 Å². The number of hydrogen-bond donors (Lipinski definition) is 0. The van der Waals surface area contributed by atoms with E-state index in [2.05, 4.69) is 4.74 Å². The molecule has 0 aliphatic rings. The molecule has 0 aliphatic carbocycles. The number of hydrogen-bond acceptors (Lipinski definition) is 2. The van der Waals surface area contributed by atoms with Gasteiger partial charge in [-0.25, -0.2) is 0 Å². The summed E-state index contributed by atoms with van der Waals surface area (Å²) in [5, 5.41) is 0. The Morgan fingerprint density at radius 1 is 1.30 bits per heavy atom. The molecular weight excluding hydrogens is 258 g/mol. The van der Waals surface area contributed by atoms with E-state index in [1.165, 1.54) is 14.0 Å². The number of rotatable bonds is 0. The van der Waals surface area contributed by atoms with Gasteiger partial charge in [0.15, 0.2) is 0 Å². The van der Waals surface area contributed by atoms with Gasteiger partial charge in [0.05, 0.1) is 7.11 Å². The third kappa shape index (κ3) is 58.2. The Morgan fingerprint density at radius 3 is 1.40 bits per heavy atom. The van der Waals surface area contributed by atoms with Crippen LogP contribution in [0.1, 0.15) is 6.92 Å². The van der Waals surface area contributed by atoms with Crippen LogP contribution in [0, 0.1) is 0 Å². The minimum absolute atomic E-state index is 0.245. The van der Waals surface area contributed by atoms with E-state index in [9.17, 15) is 4.79 Å². The van der Waals surface area contributed by atoms with Gasteiger partial charge in [-0.3, -0.25) is 4.79 Å². The van der Waals surface area contributed by atoms with Crippen molar-refractivity contribution in [2.75, 3.05) is 7.11 Å². The average molecular weight is 264 g/mol. The predicted molar refractivity (Wildman–Crippen MR) is 41.1 cm³/mol. The fourth-order valence-corrected chi connectivity index (χ4v) is 0. The Kier molecular flexibility index (Phi) is 9.76. The van der Waals surface area contributed by atoms with Crippen molar-refractivity contribution in [3.8, 4) is 0 Å². The van der Waals surface area contributed by atoms with Crippen molar-refractivity contribution in [2.24, 2.45) is 0 Å². The summed E-state index contributed by atoms with van der Waals surface area (Å²) in [6.07, 6.45) is 0. The second kappa shape index (κ2) is 7.02. The van der Waals surface area contributed by atoms with Crippen molar-refractivity contribution in [1.29, 1.82) is 0 Å². The van der Waals surface area contributed by atoms with Crippen LogP contribution in [0.5, 0.6) is 0 Å². The molecule has 0 aliphatic heterocycles. The van der Waals surface area contributed by atoms with Crippen LogP contribution in [-0.2, 0) is 21.9 Å². The number of methoxy groups -OCH3 is 1. The van der Waals surface area contributed by atoms with Crippen LogP contribution in [0.4, 0.5) is 0 Å². The molecule has 0 spiro atoms. The molecule has 0 aromatic heterocycles. The van der Waals surface area contributed by atoms with Crippen LogP contribution in [0.25, 0.3) is 0 Å². The predicted octanol–water partition coefficient (Wildman–Crippen LogP) is 2.93. The number of carbonyl (C=O) groups is 1. The summed E-state index contributed by atoms with van der Waals surface area (Å²) in [5.41, 5.74) is 0. The van der Waals surface area contributed by atoms with Gasteiger partial charge in [0.2, 0.25) is 0 Å². The Hall–Kier alpha value is 1.34. The van der Waals surface area contributed by atoms with Crippen molar-refractivity contribution >= 4 is 43.2 Å². The van der Waals surface area contributed by atoms with Crippen molar-refractivity contribution in [3.63, 3.8) is 0 Å². The standard InChI is InChI=1S/C3H6O2.4ClH.Ti/c1-3(4)5-2;;;;;/h1-2H3;4*1H;/q;;;;;+4/p-4. The summed E-state index contributed by atoms with van der Waals surface area (Å²) < 4.78 is 4.11. The molecule has 0 fully saturated rings. The Bertz CT molecular complexity index is 95.2. The van der Waals surface area contributed by atoms with Gasteiger partial charge in [-0.1, -0.05) is 0 Å². The van der Waals surface area contributed by atoms with Gasteiger partial charge in [-0.2, -0.15) is 0 Å². The molecule has 2 nitrogen and oxygen atoms in total. The molecule has 62 valence electrons. The van der Waals surface area contributed by atoms with Crippen LogP contribution in [0.15, 0.2) is 0 Å². The summed E-state index contributed by atoms with van der Waals surface area (Å²) in [6.45, 7) is 1.36. The molecule has 0 bridgehead atoms. The van der Waals surface area contributed by atoms with E-state index in [4.69, 9.17) is 37.2 Å². The molecule has 0 radical (unpaired) electrons. The van der Waals surface area contributed by atoms with Crippen LogP contribution in [-0.4, -0.2) is 13.1 Å². The minimum atomic E-state index is -3.11. The van der Waals surface area contributed by atoms with E-state index in [1.54, 1.807) is 0 Å². The summed E-state index contributed by atoms with van der Waals surface area (Å²) in [6, 6.07) is 0. The van der Waals surface area contributed by atoms with Gasteiger partial charge in [0.25, 0.3) is 0 Å². The molecule has 0 amide bonds. The monoisotopic (exact) mass is 262 g/mol. The van der Waals surface area contributed by atoms with Crippen LogP contribution < -0.4 is 0 Å². The van der Waals surface area contributed by atoms with E-state index in [-0.39, 0.29) is 5.97 Å². The van der Waals surface area contributed by atoms with E-state index < -0.39 is 12.3 Å². The van der Waals surface area contributed by atoms with Crippen LogP contribution >= 0.6 is 37.2 Å². The topological polar surface area (TPSA) is 26.3 Å². The van der Waals surface area contributed by atoms with E-state index in [0.29, 0.717) is 0 Å². The van der Waals surface area contributed by atoms with Crippen molar-refractivity contribution in [2.45, 2.75) is 6.92 Å². The van der Waals surface area contributed by atoms with Gasteiger partial charge < -0.3 is 4.74 Å². The number of carbonyl (C=O) groups excluding carboxylic acids is 1. The van der Waals surface area contributed by atoms with Gasteiger partial charge in [0, 0.05) is 6.92 Å². The molecule has 0 heterocycles. The summed E-state index contributed by atoms with van der Waals surface area (Å²) in [4.78, 5) is 9.59. The first-order chi connectivity index (χ1) is 4.27. The second-order valence-electron chi connectivity index (χ2n) is 1.12. The first kappa shape index (κ1) is 13.9. The van der Waals surface area contributed by atoms with Gasteiger partial charge in [0.1, 0.15) is 0 Å². The van der Waals surface area contributed by atoms with Gasteiger partial charge in [-0.15, -0.1) is 0 Å². The Balaban J connectivity index is 0. The summed E-state index contributed by atoms with van der Waals surface area (Å²) >= 11 is -3.11. The number of halogens is 4. The molecule has 0 rings (SSSR count). The second-order valence-corrected chi connectivity index (χ2v) is 16.6. The first-order valence-electron chi connectivity index (χ1n) is 2.07. The number of ether oxygens (including phenoxy) is 1. The summed E-state index contributed by atoms with van der Waals surface area (Å²) in [7, 11) is 21.4. The molecule has 0 aromatic rings. The van der Waals surface area contributed by atoms with Crippen molar-refractivity contribution in [3.05, 3.63) is 0 Å². The molecule has 0 saturated carbocycles. The van der Waals surface area contributed by atoms with E-state index >= 15 is 0 Å². The van der Waals surface area contributed by atoms with E-state index in [0.717, 1.165) is 0 Å². The molecule has 0 aromatic carbocycles. The van der Waals surface area contributed by atoms with E-state index in [1.807, 2.05) is 0 Å². The average Bonchev–Trinajstić information content (AvgIpc) is 1.61. The molecule has 0 atom stereocenters. The molecule has 0 N–H and O–H groups in total. The molecule has 10 heavy (non-hydrogen) atoms. The SMILES string of the molecule is COC(C)=O.[Cl][Ti]([Cl])([Cl])[Cl]. The van der Waals surface area contributed by atoms with Gasteiger partial charge in [-0.05, 0) is 0 Å². The first-order valence-corrected chi connectivity index (χ1v) is 10.7. The van der Waals surface area contributed by atoms with Crippen LogP contribution in [0.2, 0.25) is 0 Å². The third-order valence-electron chi connectivity index (χ3n) is 0.287. The molecule has 0 saturated heterocycles. The number of esters is 1. The van der Waals surface area contributed by atoms with Crippen molar-refractivity contribution in [1.82, 2.24) is 0 Å². The zero-order chi connectivity index (χ0) is 8.78. The molecular formula is C3H6Cl4O2Ti. The molecule has 0 unspecified atom stereocenters. The third-order valence-corrected chi connectivity index (χ3v) is 0.287. The van der Waals surface area contributed by atoms with Gasteiger partial charge >= 0.3 is 55.5 Å². The summed E-state index contributed by atoms with van der Waals surface area (Å²) in [5.74, 6) is -0.245. The zero-order valence-corrected chi connectivity index (χ0v) is 9.91.